The molecule has 2 heteroatoms. The molecule has 1 heterocycles. The summed E-state index contributed by atoms with van der Waals surface area (Å²) in [5.41, 5.74) is 13.8. The van der Waals surface area contributed by atoms with Crippen molar-refractivity contribution in [1.82, 2.24) is 4.57 Å². The van der Waals surface area contributed by atoms with Crippen LogP contribution in [0.4, 0.5) is 17.1 Å². The summed E-state index contributed by atoms with van der Waals surface area (Å²) >= 11 is 0. The Morgan fingerprint density at radius 3 is 1.52 bits per heavy atom. The zero-order chi connectivity index (χ0) is 41.0. The molecule has 0 aliphatic heterocycles. The van der Waals surface area contributed by atoms with E-state index in [1.807, 2.05) is 0 Å². The van der Waals surface area contributed by atoms with Crippen molar-refractivity contribution in [3.8, 4) is 39.1 Å². The first-order valence-electron chi connectivity index (χ1n) is 21.3. The molecule has 2 nitrogen and oxygen atoms in total. The molecule has 0 aliphatic carbocycles. The van der Waals surface area contributed by atoms with E-state index in [4.69, 9.17) is 0 Å². The number of para-hydroxylation sites is 2. The number of anilines is 3. The topological polar surface area (TPSA) is 8.17 Å². The monoisotopic (exact) mass is 788 g/mol. The van der Waals surface area contributed by atoms with E-state index in [2.05, 4.69) is 252 Å². The van der Waals surface area contributed by atoms with Crippen LogP contribution in [0.25, 0.3) is 93.2 Å². The molecule has 0 fully saturated rings. The minimum Gasteiger partial charge on any atom is -0.310 e. The van der Waals surface area contributed by atoms with Crippen molar-refractivity contribution in [3.05, 3.63) is 243 Å². The van der Waals surface area contributed by atoms with Gasteiger partial charge in [0.2, 0.25) is 0 Å². The molecule has 0 saturated carbocycles. The highest BCUT2D eigenvalue weighted by Gasteiger charge is 2.22. The Morgan fingerprint density at radius 1 is 0.274 bits per heavy atom. The molecule has 0 amide bonds. The highest BCUT2D eigenvalue weighted by atomic mass is 15.1. The average Bonchev–Trinajstić information content (AvgIpc) is 3.68. The number of rotatable bonds is 7. The van der Waals surface area contributed by atoms with Crippen LogP contribution in [-0.4, -0.2) is 4.57 Å². The van der Waals surface area contributed by atoms with Gasteiger partial charge in [0.05, 0.1) is 16.7 Å². The fraction of sp³-hybridized carbons (Fsp3) is 0. The van der Waals surface area contributed by atoms with Gasteiger partial charge in [-0.2, -0.15) is 0 Å². The first-order valence-corrected chi connectivity index (χ1v) is 21.3. The average molecular weight is 789 g/mol. The van der Waals surface area contributed by atoms with Gasteiger partial charge in [-0.3, -0.25) is 0 Å². The standard InChI is InChI=1S/C60H40N2/c1-2-17-45-38-46(31-30-41(45)14-1)42-32-35-48(36-33-42)61(49-20-13-21-50(40-49)62-58-28-9-7-24-55(58)56-25-8-10-29-59(56)62)60-39-47(53-26-11-18-43-15-3-5-22-51(43)53)34-37-57(60)54-27-12-19-44-16-4-6-23-52(44)54/h1-40H. The number of benzene rings is 11. The molecule has 0 atom stereocenters. The highest BCUT2D eigenvalue weighted by molar-refractivity contribution is 6.09. The van der Waals surface area contributed by atoms with Crippen molar-refractivity contribution in [2.45, 2.75) is 0 Å². The Morgan fingerprint density at radius 2 is 0.806 bits per heavy atom. The second kappa shape index (κ2) is 14.8. The molecule has 0 spiro atoms. The third kappa shape index (κ3) is 6.04. The third-order valence-corrected chi connectivity index (χ3v) is 12.6. The van der Waals surface area contributed by atoms with E-state index in [1.54, 1.807) is 0 Å². The Kier molecular flexibility index (Phi) is 8.53. The highest BCUT2D eigenvalue weighted by Crippen LogP contribution is 2.46. The van der Waals surface area contributed by atoms with E-state index in [1.165, 1.54) is 76.4 Å². The van der Waals surface area contributed by atoms with Gasteiger partial charge in [-0.1, -0.05) is 188 Å². The molecule has 62 heavy (non-hydrogen) atoms. The van der Waals surface area contributed by atoms with Gasteiger partial charge < -0.3 is 9.47 Å². The molecule has 0 saturated heterocycles. The van der Waals surface area contributed by atoms with Gasteiger partial charge in [0.15, 0.2) is 0 Å². The van der Waals surface area contributed by atoms with Gasteiger partial charge in [-0.05, 0) is 115 Å². The van der Waals surface area contributed by atoms with E-state index in [-0.39, 0.29) is 0 Å². The Bertz CT molecular complexity index is 3590. The lowest BCUT2D eigenvalue weighted by atomic mass is 9.92. The van der Waals surface area contributed by atoms with Crippen molar-refractivity contribution >= 4 is 71.2 Å². The number of nitrogens with zero attached hydrogens (tertiary/aromatic N) is 2. The molecular formula is C60H40N2. The molecule has 0 radical (unpaired) electrons. The molecule has 0 unspecified atom stereocenters. The third-order valence-electron chi connectivity index (χ3n) is 12.6. The van der Waals surface area contributed by atoms with Gasteiger partial charge in [-0.25, -0.2) is 0 Å². The van der Waals surface area contributed by atoms with Gasteiger partial charge >= 0.3 is 0 Å². The van der Waals surface area contributed by atoms with E-state index in [0.717, 1.165) is 33.9 Å². The van der Waals surface area contributed by atoms with Gasteiger partial charge in [0.25, 0.3) is 0 Å². The summed E-state index contributed by atoms with van der Waals surface area (Å²) in [6, 6.07) is 88.8. The molecular weight excluding hydrogens is 749 g/mol. The maximum Gasteiger partial charge on any atom is 0.0546 e. The number of aromatic nitrogens is 1. The second-order valence-corrected chi connectivity index (χ2v) is 16.1. The maximum atomic E-state index is 2.47. The van der Waals surface area contributed by atoms with Crippen LogP contribution in [0.1, 0.15) is 0 Å². The number of hydrogen-bond acceptors (Lipinski definition) is 1. The first-order chi connectivity index (χ1) is 30.7. The van der Waals surface area contributed by atoms with E-state index >= 15 is 0 Å². The molecule has 0 bridgehead atoms. The second-order valence-electron chi connectivity index (χ2n) is 16.1. The smallest absolute Gasteiger partial charge is 0.0546 e. The molecule has 1 aromatic heterocycles. The van der Waals surface area contributed by atoms with Gasteiger partial charge in [0.1, 0.15) is 0 Å². The Balaban J connectivity index is 1.12. The largest absolute Gasteiger partial charge is 0.310 e. The van der Waals surface area contributed by atoms with E-state index in [0.29, 0.717) is 0 Å². The van der Waals surface area contributed by atoms with E-state index in [9.17, 15) is 0 Å². The summed E-state index contributed by atoms with van der Waals surface area (Å²) in [6.45, 7) is 0. The van der Waals surface area contributed by atoms with Crippen LogP contribution >= 0.6 is 0 Å². The predicted octanol–water partition coefficient (Wildman–Crippen LogP) is 16.7. The molecule has 0 aliphatic rings. The number of fused-ring (bicyclic) bond motifs is 6. The fourth-order valence-electron chi connectivity index (χ4n) is 9.62. The van der Waals surface area contributed by atoms with Crippen LogP contribution in [-0.2, 0) is 0 Å². The van der Waals surface area contributed by atoms with Crippen LogP contribution in [0, 0.1) is 0 Å². The van der Waals surface area contributed by atoms with Crippen molar-refractivity contribution in [3.63, 3.8) is 0 Å². The summed E-state index contributed by atoms with van der Waals surface area (Å²) < 4.78 is 2.41. The fourth-order valence-corrected chi connectivity index (χ4v) is 9.62. The van der Waals surface area contributed by atoms with Crippen LogP contribution in [0.15, 0.2) is 243 Å². The lowest BCUT2D eigenvalue weighted by molar-refractivity contribution is 1.17. The normalized spacial score (nSPS) is 11.5. The predicted molar refractivity (Wildman–Crippen MR) is 264 cm³/mol. The lowest BCUT2D eigenvalue weighted by Gasteiger charge is -2.29. The molecule has 12 rings (SSSR count). The summed E-state index contributed by atoms with van der Waals surface area (Å²) in [6.07, 6.45) is 0. The van der Waals surface area contributed by atoms with Crippen molar-refractivity contribution < 1.29 is 0 Å². The van der Waals surface area contributed by atoms with Crippen LogP contribution in [0.5, 0.6) is 0 Å². The quantitative estimate of drug-likeness (QED) is 0.156. The van der Waals surface area contributed by atoms with Crippen LogP contribution in [0.2, 0.25) is 0 Å². The summed E-state index contributed by atoms with van der Waals surface area (Å²) in [7, 11) is 0. The minimum absolute atomic E-state index is 1.07. The summed E-state index contributed by atoms with van der Waals surface area (Å²) in [5, 5.41) is 9.87. The summed E-state index contributed by atoms with van der Waals surface area (Å²) in [5.74, 6) is 0. The van der Waals surface area contributed by atoms with Crippen LogP contribution < -0.4 is 4.90 Å². The molecule has 290 valence electrons. The van der Waals surface area contributed by atoms with Crippen molar-refractivity contribution in [2.24, 2.45) is 0 Å². The van der Waals surface area contributed by atoms with E-state index < -0.39 is 0 Å². The first kappa shape index (κ1) is 35.7. The molecule has 0 N–H and O–H groups in total. The Labute approximate surface area is 360 Å². The van der Waals surface area contributed by atoms with Crippen molar-refractivity contribution in [2.75, 3.05) is 4.90 Å². The van der Waals surface area contributed by atoms with Gasteiger partial charge in [-0.15, -0.1) is 0 Å². The zero-order valence-corrected chi connectivity index (χ0v) is 34.0. The van der Waals surface area contributed by atoms with Crippen LogP contribution in [0.3, 0.4) is 0 Å². The minimum atomic E-state index is 1.07. The molecule has 11 aromatic carbocycles. The SMILES string of the molecule is c1cc(N(c2ccc(-c3ccc4ccccc4c3)cc2)c2cc(-c3cccc4ccccc34)ccc2-c2cccc3ccccc23)cc(-n2c3ccccc3c3ccccc32)c1. The summed E-state index contributed by atoms with van der Waals surface area (Å²) in [4.78, 5) is 2.47. The maximum absolute atomic E-state index is 2.47. The molecule has 12 aromatic rings. The zero-order valence-electron chi connectivity index (χ0n) is 34.0. The Hall–Kier alpha value is -8.20. The number of hydrogen-bond donors (Lipinski definition) is 0. The van der Waals surface area contributed by atoms with Gasteiger partial charge in [0, 0.05) is 33.4 Å². The van der Waals surface area contributed by atoms with Crippen molar-refractivity contribution in [1.29, 1.82) is 0 Å². The lowest BCUT2D eigenvalue weighted by Crippen LogP contribution is -2.12.